The molecular weight excluding hydrogens is 396 g/mol. The van der Waals surface area contributed by atoms with E-state index < -0.39 is 10.0 Å². The summed E-state index contributed by atoms with van der Waals surface area (Å²) in [5.74, 6) is -0.219. The van der Waals surface area contributed by atoms with Crippen molar-refractivity contribution in [3.8, 4) is 0 Å². The van der Waals surface area contributed by atoms with Crippen molar-refractivity contribution in [1.82, 2.24) is 9.62 Å². The lowest BCUT2D eigenvalue weighted by Crippen LogP contribution is -2.33. The fourth-order valence-corrected chi connectivity index (χ4v) is 6.35. The number of hydrogen-bond acceptors (Lipinski definition) is 3. The first kappa shape index (κ1) is 21.1. The Morgan fingerprint density at radius 2 is 1.73 bits per heavy atom. The number of rotatable bonds is 4. The SMILES string of the molecule is Cc1ccc(C(=O)NC2CCCc3ccccc32)cc1S(=O)(=O)N1CCCCCC1. The van der Waals surface area contributed by atoms with Gasteiger partial charge in [0.25, 0.3) is 5.91 Å². The molecule has 1 saturated heterocycles. The molecule has 1 amide bonds. The summed E-state index contributed by atoms with van der Waals surface area (Å²) in [6, 6.07) is 13.2. The summed E-state index contributed by atoms with van der Waals surface area (Å²) in [6.45, 7) is 2.90. The Labute approximate surface area is 179 Å². The van der Waals surface area contributed by atoms with Gasteiger partial charge in [0.1, 0.15) is 0 Å². The fourth-order valence-electron chi connectivity index (χ4n) is 4.59. The largest absolute Gasteiger partial charge is 0.345 e. The van der Waals surface area contributed by atoms with E-state index in [1.807, 2.05) is 12.1 Å². The van der Waals surface area contributed by atoms with Gasteiger partial charge >= 0.3 is 0 Å². The minimum absolute atomic E-state index is 0.0329. The number of fused-ring (bicyclic) bond motifs is 1. The zero-order valence-corrected chi connectivity index (χ0v) is 18.4. The normalized spacial score (nSPS) is 20.2. The monoisotopic (exact) mass is 426 g/mol. The molecule has 0 spiro atoms. The topological polar surface area (TPSA) is 66.5 Å². The molecule has 1 heterocycles. The average Bonchev–Trinajstić information content (AvgIpc) is 3.04. The maximum atomic E-state index is 13.3. The molecule has 0 aromatic heterocycles. The predicted octanol–water partition coefficient (Wildman–Crippen LogP) is 4.37. The van der Waals surface area contributed by atoms with E-state index in [0.29, 0.717) is 24.2 Å². The van der Waals surface area contributed by atoms with Gasteiger partial charge in [0, 0.05) is 18.7 Å². The molecule has 0 radical (unpaired) electrons. The maximum absolute atomic E-state index is 13.3. The van der Waals surface area contributed by atoms with Crippen LogP contribution in [0.2, 0.25) is 0 Å². The van der Waals surface area contributed by atoms with Crippen molar-refractivity contribution in [3.05, 3.63) is 64.7 Å². The molecule has 4 rings (SSSR count). The molecule has 1 aliphatic heterocycles. The van der Waals surface area contributed by atoms with Gasteiger partial charge in [-0.3, -0.25) is 4.79 Å². The first-order chi connectivity index (χ1) is 14.5. The molecule has 0 saturated carbocycles. The Bertz CT molecular complexity index is 1020. The molecule has 5 nitrogen and oxygen atoms in total. The Balaban J connectivity index is 1.58. The fraction of sp³-hybridized carbons (Fsp3) is 0.458. The lowest BCUT2D eigenvalue weighted by molar-refractivity contribution is 0.0932. The van der Waals surface area contributed by atoms with Gasteiger partial charge in [-0.1, -0.05) is 43.2 Å². The van der Waals surface area contributed by atoms with Crippen molar-refractivity contribution in [1.29, 1.82) is 0 Å². The molecule has 160 valence electrons. The number of hydrogen-bond donors (Lipinski definition) is 1. The molecule has 1 unspecified atom stereocenters. The molecule has 1 fully saturated rings. The lowest BCUT2D eigenvalue weighted by Gasteiger charge is -2.26. The van der Waals surface area contributed by atoms with Crippen molar-refractivity contribution in [3.63, 3.8) is 0 Å². The smallest absolute Gasteiger partial charge is 0.251 e. The first-order valence-electron chi connectivity index (χ1n) is 11.0. The number of carbonyl (C=O) groups excluding carboxylic acids is 1. The molecule has 0 bridgehead atoms. The number of nitrogens with one attached hydrogen (secondary N) is 1. The van der Waals surface area contributed by atoms with Crippen LogP contribution < -0.4 is 5.32 Å². The summed E-state index contributed by atoms with van der Waals surface area (Å²) in [5.41, 5.74) is 3.53. The third kappa shape index (κ3) is 4.30. The quantitative estimate of drug-likeness (QED) is 0.790. The van der Waals surface area contributed by atoms with Crippen LogP contribution in [0.1, 0.15) is 71.6 Å². The van der Waals surface area contributed by atoms with Gasteiger partial charge in [-0.25, -0.2) is 8.42 Å². The van der Waals surface area contributed by atoms with Gasteiger partial charge in [-0.2, -0.15) is 4.31 Å². The van der Waals surface area contributed by atoms with Crippen LogP contribution in [-0.2, 0) is 16.4 Å². The van der Waals surface area contributed by atoms with E-state index in [-0.39, 0.29) is 16.8 Å². The minimum atomic E-state index is -3.60. The van der Waals surface area contributed by atoms with Crippen LogP contribution in [0.3, 0.4) is 0 Å². The molecule has 2 aliphatic rings. The molecule has 1 N–H and O–H groups in total. The van der Waals surface area contributed by atoms with Crippen LogP contribution in [0.5, 0.6) is 0 Å². The van der Waals surface area contributed by atoms with Gasteiger partial charge in [-0.05, 0) is 67.9 Å². The lowest BCUT2D eigenvalue weighted by atomic mass is 9.87. The number of sulfonamides is 1. The predicted molar refractivity (Wildman–Crippen MR) is 118 cm³/mol. The summed E-state index contributed by atoms with van der Waals surface area (Å²) in [6.07, 6.45) is 6.87. The Morgan fingerprint density at radius 3 is 2.50 bits per heavy atom. The van der Waals surface area contributed by atoms with E-state index in [1.165, 1.54) is 11.1 Å². The van der Waals surface area contributed by atoms with Gasteiger partial charge < -0.3 is 5.32 Å². The Morgan fingerprint density at radius 1 is 1.00 bits per heavy atom. The van der Waals surface area contributed by atoms with E-state index >= 15 is 0 Å². The van der Waals surface area contributed by atoms with E-state index in [4.69, 9.17) is 0 Å². The first-order valence-corrected chi connectivity index (χ1v) is 12.4. The van der Waals surface area contributed by atoms with E-state index in [1.54, 1.807) is 29.4 Å². The summed E-state index contributed by atoms with van der Waals surface area (Å²) in [5, 5.41) is 3.13. The third-order valence-electron chi connectivity index (χ3n) is 6.31. The summed E-state index contributed by atoms with van der Waals surface area (Å²) in [7, 11) is -3.60. The average molecular weight is 427 g/mol. The van der Waals surface area contributed by atoms with E-state index in [9.17, 15) is 13.2 Å². The third-order valence-corrected chi connectivity index (χ3v) is 8.35. The van der Waals surface area contributed by atoms with E-state index in [2.05, 4.69) is 17.4 Å². The number of aryl methyl sites for hydroxylation is 2. The molecule has 2 aromatic carbocycles. The van der Waals surface area contributed by atoms with Crippen LogP contribution in [0, 0.1) is 6.92 Å². The van der Waals surface area contributed by atoms with Crippen molar-refractivity contribution in [2.75, 3.05) is 13.1 Å². The molecule has 1 aliphatic carbocycles. The summed E-state index contributed by atoms with van der Waals surface area (Å²) in [4.78, 5) is 13.3. The highest BCUT2D eigenvalue weighted by Crippen LogP contribution is 2.30. The second-order valence-electron chi connectivity index (χ2n) is 8.42. The van der Waals surface area contributed by atoms with Crippen LogP contribution in [0.25, 0.3) is 0 Å². The highest BCUT2D eigenvalue weighted by Gasteiger charge is 2.28. The minimum Gasteiger partial charge on any atom is -0.345 e. The standard InChI is InChI=1S/C24H30N2O3S/c1-18-13-14-20(17-23(18)30(28,29)26-15-6-2-3-7-16-26)24(27)25-22-12-8-10-19-9-4-5-11-21(19)22/h4-5,9,11,13-14,17,22H,2-3,6-8,10,12,15-16H2,1H3,(H,25,27). The summed E-state index contributed by atoms with van der Waals surface area (Å²) < 4.78 is 28.2. The van der Waals surface area contributed by atoms with Crippen molar-refractivity contribution < 1.29 is 13.2 Å². The summed E-state index contributed by atoms with van der Waals surface area (Å²) >= 11 is 0. The van der Waals surface area contributed by atoms with Gasteiger partial charge in [0.2, 0.25) is 10.0 Å². The zero-order chi connectivity index (χ0) is 21.1. The molecule has 2 aromatic rings. The van der Waals surface area contributed by atoms with Gasteiger partial charge in [-0.15, -0.1) is 0 Å². The van der Waals surface area contributed by atoms with Crippen LogP contribution in [0.4, 0.5) is 0 Å². The van der Waals surface area contributed by atoms with Crippen LogP contribution >= 0.6 is 0 Å². The van der Waals surface area contributed by atoms with Crippen molar-refractivity contribution in [2.24, 2.45) is 0 Å². The highest BCUT2D eigenvalue weighted by atomic mass is 32.2. The van der Waals surface area contributed by atoms with Gasteiger partial charge in [0.05, 0.1) is 10.9 Å². The van der Waals surface area contributed by atoms with Crippen LogP contribution in [-0.4, -0.2) is 31.7 Å². The molecule has 1 atom stereocenters. The van der Waals surface area contributed by atoms with Crippen molar-refractivity contribution >= 4 is 15.9 Å². The van der Waals surface area contributed by atoms with Crippen LogP contribution in [0.15, 0.2) is 47.4 Å². The second-order valence-corrected chi connectivity index (χ2v) is 10.3. The Kier molecular flexibility index (Phi) is 6.25. The molecular formula is C24H30N2O3S. The van der Waals surface area contributed by atoms with Crippen molar-refractivity contribution in [2.45, 2.75) is 62.8 Å². The second kappa shape index (κ2) is 8.90. The number of benzene rings is 2. The highest BCUT2D eigenvalue weighted by molar-refractivity contribution is 7.89. The Hall–Kier alpha value is -2.18. The number of amides is 1. The molecule has 30 heavy (non-hydrogen) atoms. The molecule has 6 heteroatoms. The number of carbonyl (C=O) groups is 1. The van der Waals surface area contributed by atoms with E-state index in [0.717, 1.165) is 44.9 Å². The number of nitrogens with zero attached hydrogens (tertiary/aromatic N) is 1. The maximum Gasteiger partial charge on any atom is 0.251 e. The van der Waals surface area contributed by atoms with Gasteiger partial charge in [0.15, 0.2) is 0 Å². The zero-order valence-electron chi connectivity index (χ0n) is 17.6.